The fourth-order valence-corrected chi connectivity index (χ4v) is 4.29. The van der Waals surface area contributed by atoms with Gasteiger partial charge in [-0.05, 0) is 25.2 Å². The van der Waals surface area contributed by atoms with Crippen LogP contribution in [0, 0.1) is 23.7 Å². The molecular formula is C18H24IN5O3. The van der Waals surface area contributed by atoms with Crippen molar-refractivity contribution in [3.63, 3.8) is 0 Å². The third-order valence-electron chi connectivity index (χ3n) is 5.42. The van der Waals surface area contributed by atoms with E-state index in [0.717, 1.165) is 12.1 Å². The lowest BCUT2D eigenvalue weighted by molar-refractivity contribution is -0.140. The zero-order valence-corrected chi connectivity index (χ0v) is 17.5. The van der Waals surface area contributed by atoms with Crippen LogP contribution in [0.1, 0.15) is 19.0 Å². The van der Waals surface area contributed by atoms with Crippen LogP contribution in [0.2, 0.25) is 0 Å². The second-order valence-electron chi connectivity index (χ2n) is 6.94. The number of nitrogens with one attached hydrogen (secondary N) is 2. The van der Waals surface area contributed by atoms with Gasteiger partial charge in [0.05, 0.1) is 18.4 Å². The first-order valence-electron chi connectivity index (χ1n) is 9.14. The lowest BCUT2D eigenvalue weighted by atomic mass is 9.85. The van der Waals surface area contributed by atoms with Gasteiger partial charge in [0, 0.05) is 25.7 Å². The molecule has 0 radical (unpaired) electrons. The number of nitrogens with zero attached hydrogens (tertiary/aromatic N) is 3. The zero-order valence-electron chi connectivity index (χ0n) is 15.1. The molecule has 3 aliphatic rings. The third-order valence-corrected chi connectivity index (χ3v) is 5.42. The standard InChI is InChI=1S/C18H23N5O3.HI/c1-2-19-18(21-10-13-5-8-26-22-13)20-6-7-23-16(24)14-11-3-4-12(9-11)15(14)17(23)25;/h3-5,8,11-12,14-15H,2,6-7,9-10H2,1H3,(H2,19,20,21);1H. The van der Waals surface area contributed by atoms with Crippen molar-refractivity contribution in [3.8, 4) is 0 Å². The molecule has 9 heteroatoms. The van der Waals surface area contributed by atoms with E-state index in [-0.39, 0.29) is 59.5 Å². The van der Waals surface area contributed by atoms with E-state index >= 15 is 0 Å². The average molecular weight is 485 g/mol. The Morgan fingerprint density at radius 1 is 1.26 bits per heavy atom. The van der Waals surface area contributed by atoms with Crippen LogP contribution in [0.25, 0.3) is 0 Å². The van der Waals surface area contributed by atoms with Crippen molar-refractivity contribution in [2.75, 3.05) is 19.6 Å². The fraction of sp³-hybridized carbons (Fsp3) is 0.556. The van der Waals surface area contributed by atoms with E-state index in [1.165, 1.54) is 11.2 Å². The maximum absolute atomic E-state index is 12.6. The Bertz CT molecular complexity index is 718. The molecule has 1 aromatic heterocycles. The Morgan fingerprint density at radius 3 is 2.56 bits per heavy atom. The molecule has 2 heterocycles. The number of guanidine groups is 1. The van der Waals surface area contributed by atoms with E-state index in [0.29, 0.717) is 32.1 Å². The van der Waals surface area contributed by atoms with Gasteiger partial charge in [-0.2, -0.15) is 0 Å². The number of aromatic nitrogens is 1. The zero-order chi connectivity index (χ0) is 18.1. The number of imide groups is 1. The Balaban J connectivity index is 0.00000210. The summed E-state index contributed by atoms with van der Waals surface area (Å²) in [5.74, 6) is 0.836. The maximum Gasteiger partial charge on any atom is 0.233 e. The van der Waals surface area contributed by atoms with Gasteiger partial charge in [0.15, 0.2) is 5.96 Å². The van der Waals surface area contributed by atoms with Crippen LogP contribution in [-0.2, 0) is 16.1 Å². The summed E-state index contributed by atoms with van der Waals surface area (Å²) in [6.07, 6.45) is 6.68. The second kappa shape index (κ2) is 8.41. The molecule has 2 bridgehead atoms. The maximum atomic E-state index is 12.6. The molecule has 2 aliphatic carbocycles. The quantitative estimate of drug-likeness (QED) is 0.206. The van der Waals surface area contributed by atoms with Gasteiger partial charge in [-0.1, -0.05) is 17.3 Å². The number of carbonyl (C=O) groups is 2. The highest BCUT2D eigenvalue weighted by Crippen LogP contribution is 2.52. The molecule has 2 amide bonds. The van der Waals surface area contributed by atoms with Crippen LogP contribution in [-0.4, -0.2) is 47.5 Å². The molecule has 4 atom stereocenters. The van der Waals surface area contributed by atoms with Crippen molar-refractivity contribution in [1.29, 1.82) is 0 Å². The van der Waals surface area contributed by atoms with E-state index < -0.39 is 0 Å². The monoisotopic (exact) mass is 485 g/mol. The Hall–Kier alpha value is -1.91. The first-order chi connectivity index (χ1) is 12.7. The highest BCUT2D eigenvalue weighted by molar-refractivity contribution is 14.0. The van der Waals surface area contributed by atoms with Crippen molar-refractivity contribution >= 4 is 41.8 Å². The minimum absolute atomic E-state index is 0. The number of amides is 2. The molecule has 8 nitrogen and oxygen atoms in total. The van der Waals surface area contributed by atoms with Gasteiger partial charge in [-0.15, -0.1) is 24.0 Å². The lowest BCUT2D eigenvalue weighted by Crippen LogP contribution is -2.43. The van der Waals surface area contributed by atoms with Crippen molar-refractivity contribution in [1.82, 2.24) is 20.7 Å². The lowest BCUT2D eigenvalue weighted by Gasteiger charge is -2.18. The molecule has 1 aromatic rings. The van der Waals surface area contributed by atoms with E-state index in [4.69, 9.17) is 4.52 Å². The summed E-state index contributed by atoms with van der Waals surface area (Å²) in [6.45, 7) is 3.91. The van der Waals surface area contributed by atoms with Gasteiger partial charge < -0.3 is 15.2 Å². The largest absolute Gasteiger partial charge is 0.364 e. The van der Waals surface area contributed by atoms with Crippen molar-refractivity contribution < 1.29 is 14.1 Å². The number of hydrogen-bond donors (Lipinski definition) is 2. The predicted octanol–water partition coefficient (Wildman–Crippen LogP) is 1.15. The molecule has 27 heavy (non-hydrogen) atoms. The summed E-state index contributed by atoms with van der Waals surface area (Å²) in [7, 11) is 0. The van der Waals surface area contributed by atoms with Crippen molar-refractivity contribution in [2.45, 2.75) is 19.9 Å². The van der Waals surface area contributed by atoms with Crippen LogP contribution in [0.15, 0.2) is 34.0 Å². The van der Waals surface area contributed by atoms with Crippen LogP contribution < -0.4 is 10.6 Å². The van der Waals surface area contributed by atoms with E-state index in [1.807, 2.05) is 6.92 Å². The minimum Gasteiger partial charge on any atom is -0.364 e. The number of allylic oxidation sites excluding steroid dienone is 2. The smallest absolute Gasteiger partial charge is 0.233 e. The molecule has 0 spiro atoms. The van der Waals surface area contributed by atoms with Gasteiger partial charge >= 0.3 is 0 Å². The van der Waals surface area contributed by atoms with Gasteiger partial charge in [0.2, 0.25) is 11.8 Å². The van der Waals surface area contributed by atoms with Crippen LogP contribution in [0.5, 0.6) is 0 Å². The van der Waals surface area contributed by atoms with Gasteiger partial charge in [-0.3, -0.25) is 14.5 Å². The van der Waals surface area contributed by atoms with E-state index in [9.17, 15) is 9.59 Å². The van der Waals surface area contributed by atoms with Gasteiger partial charge in [-0.25, -0.2) is 4.99 Å². The van der Waals surface area contributed by atoms with E-state index in [1.54, 1.807) is 6.07 Å². The topological polar surface area (TPSA) is 99.8 Å². The molecule has 146 valence electrons. The van der Waals surface area contributed by atoms with Crippen LogP contribution in [0.4, 0.5) is 0 Å². The molecule has 0 aromatic carbocycles. The van der Waals surface area contributed by atoms with Gasteiger partial charge in [0.25, 0.3) is 0 Å². The van der Waals surface area contributed by atoms with Crippen LogP contribution >= 0.6 is 24.0 Å². The summed E-state index contributed by atoms with van der Waals surface area (Å²) in [6, 6.07) is 1.76. The molecule has 2 N–H and O–H groups in total. The summed E-state index contributed by atoms with van der Waals surface area (Å²) in [5.41, 5.74) is 0.739. The number of rotatable bonds is 6. The Labute approximate surface area is 174 Å². The fourth-order valence-electron chi connectivity index (χ4n) is 4.29. The number of fused-ring (bicyclic) bond motifs is 5. The predicted molar refractivity (Wildman–Crippen MR) is 109 cm³/mol. The highest BCUT2D eigenvalue weighted by Gasteiger charge is 2.58. The van der Waals surface area contributed by atoms with Crippen LogP contribution in [0.3, 0.4) is 0 Å². The molecule has 2 fully saturated rings. The number of halogens is 1. The molecule has 1 saturated heterocycles. The third kappa shape index (κ3) is 3.74. The van der Waals surface area contributed by atoms with Crippen molar-refractivity contribution in [2.24, 2.45) is 28.7 Å². The summed E-state index contributed by atoms with van der Waals surface area (Å²) >= 11 is 0. The molecular weight excluding hydrogens is 461 g/mol. The number of hydrogen-bond acceptors (Lipinski definition) is 5. The van der Waals surface area contributed by atoms with Crippen molar-refractivity contribution in [3.05, 3.63) is 30.2 Å². The first-order valence-corrected chi connectivity index (χ1v) is 9.14. The summed E-state index contributed by atoms with van der Waals surface area (Å²) in [4.78, 5) is 31.1. The average Bonchev–Trinajstić information content (AvgIpc) is 3.40. The Morgan fingerprint density at radius 2 is 1.96 bits per heavy atom. The van der Waals surface area contributed by atoms with Gasteiger partial charge in [0.1, 0.15) is 12.0 Å². The second-order valence-corrected chi connectivity index (χ2v) is 6.94. The number of carbonyl (C=O) groups excluding carboxylic acids is 2. The number of aliphatic imine (C=N–C) groups is 1. The molecule has 4 unspecified atom stereocenters. The molecule has 4 rings (SSSR count). The molecule has 1 saturated carbocycles. The summed E-state index contributed by atoms with van der Waals surface area (Å²) < 4.78 is 4.79. The van der Waals surface area contributed by atoms with E-state index in [2.05, 4.69) is 32.9 Å². The minimum atomic E-state index is -0.133. The normalized spacial score (nSPS) is 28.5. The Kier molecular flexibility index (Phi) is 6.18. The SMILES string of the molecule is CCNC(=NCc1ccon1)NCCN1C(=O)C2C3C=CC(C3)C2C1=O.I. The first kappa shape index (κ1) is 19.8. The molecule has 1 aliphatic heterocycles. The summed E-state index contributed by atoms with van der Waals surface area (Å²) in [5, 5.41) is 10.1. The highest BCUT2D eigenvalue weighted by atomic mass is 127. The number of likely N-dealkylation sites (tertiary alicyclic amines) is 1.